The number of halogens is 1. The Balaban J connectivity index is 2.05. The predicted octanol–water partition coefficient (Wildman–Crippen LogP) is 4.87. The van der Waals surface area contributed by atoms with Gasteiger partial charge in [0.15, 0.2) is 5.43 Å². The fourth-order valence-electron chi connectivity index (χ4n) is 3.17. The quantitative estimate of drug-likeness (QED) is 0.494. The monoisotopic (exact) mass is 349 g/mol. The maximum atomic E-state index is 12.9. The first-order chi connectivity index (χ1) is 12.2. The molecule has 0 N–H and O–H groups in total. The van der Waals surface area contributed by atoms with Gasteiger partial charge in [-0.25, -0.2) is 0 Å². The second-order valence-corrected chi connectivity index (χ2v) is 6.38. The molecular formula is C21H16ClNO2. The zero-order valence-corrected chi connectivity index (χ0v) is 14.5. The van der Waals surface area contributed by atoms with Crippen molar-refractivity contribution < 1.29 is 4.74 Å². The van der Waals surface area contributed by atoms with Gasteiger partial charge in [0.05, 0.1) is 18.1 Å². The van der Waals surface area contributed by atoms with E-state index >= 15 is 0 Å². The van der Waals surface area contributed by atoms with Crippen LogP contribution >= 0.6 is 11.6 Å². The first-order valence-corrected chi connectivity index (χ1v) is 8.39. The molecule has 3 aromatic carbocycles. The number of benzene rings is 3. The lowest BCUT2D eigenvalue weighted by Gasteiger charge is -2.16. The Morgan fingerprint density at radius 2 is 1.64 bits per heavy atom. The summed E-state index contributed by atoms with van der Waals surface area (Å²) in [5, 5.41) is 2.11. The number of para-hydroxylation sites is 1. The maximum Gasteiger partial charge on any atom is 0.197 e. The number of hydrogen-bond acceptors (Lipinski definition) is 2. The predicted molar refractivity (Wildman–Crippen MR) is 103 cm³/mol. The van der Waals surface area contributed by atoms with Gasteiger partial charge in [-0.3, -0.25) is 4.79 Å². The van der Waals surface area contributed by atoms with E-state index in [4.69, 9.17) is 16.3 Å². The minimum absolute atomic E-state index is 0.0422. The zero-order chi connectivity index (χ0) is 17.4. The Morgan fingerprint density at radius 1 is 0.920 bits per heavy atom. The summed E-state index contributed by atoms with van der Waals surface area (Å²) in [6, 6.07) is 21.0. The number of fused-ring (bicyclic) bond motifs is 2. The summed E-state index contributed by atoms with van der Waals surface area (Å²) in [6.45, 7) is 0.641. The summed E-state index contributed by atoms with van der Waals surface area (Å²) in [5.74, 6) is 0.729. The third-order valence-corrected chi connectivity index (χ3v) is 4.69. The minimum atomic E-state index is 0.0422. The molecule has 124 valence electrons. The second-order valence-electron chi connectivity index (χ2n) is 5.94. The van der Waals surface area contributed by atoms with Crippen molar-refractivity contribution in [3.05, 3.63) is 87.5 Å². The van der Waals surface area contributed by atoms with Crippen molar-refractivity contribution in [1.29, 1.82) is 0 Å². The number of aromatic nitrogens is 1. The molecule has 0 saturated carbocycles. The van der Waals surface area contributed by atoms with E-state index in [2.05, 4.69) is 4.57 Å². The molecule has 0 atom stereocenters. The third kappa shape index (κ3) is 2.77. The summed E-state index contributed by atoms with van der Waals surface area (Å²) in [7, 11) is 1.63. The highest BCUT2D eigenvalue weighted by atomic mass is 35.5. The van der Waals surface area contributed by atoms with Crippen LogP contribution in [-0.2, 0) is 6.54 Å². The molecule has 0 aliphatic heterocycles. The Labute approximate surface area is 150 Å². The Morgan fingerprint density at radius 3 is 2.40 bits per heavy atom. The number of methoxy groups -OCH3 is 1. The van der Waals surface area contributed by atoms with Crippen molar-refractivity contribution in [2.45, 2.75) is 6.54 Å². The van der Waals surface area contributed by atoms with Crippen molar-refractivity contribution in [2.75, 3.05) is 7.11 Å². The molecule has 4 aromatic rings. The summed E-state index contributed by atoms with van der Waals surface area (Å²) in [6.07, 6.45) is 0. The van der Waals surface area contributed by atoms with E-state index in [9.17, 15) is 4.79 Å². The fraction of sp³-hybridized carbons (Fsp3) is 0.0952. The van der Waals surface area contributed by atoms with E-state index in [-0.39, 0.29) is 5.43 Å². The molecule has 0 fully saturated rings. The van der Waals surface area contributed by atoms with Gasteiger partial charge < -0.3 is 9.30 Å². The number of nitrogens with zero attached hydrogens (tertiary/aromatic N) is 1. The van der Waals surface area contributed by atoms with E-state index in [1.165, 1.54) is 0 Å². The van der Waals surface area contributed by atoms with Crippen LogP contribution in [0.1, 0.15) is 5.56 Å². The maximum absolute atomic E-state index is 12.9. The largest absolute Gasteiger partial charge is 0.497 e. The molecule has 0 amide bonds. The van der Waals surface area contributed by atoms with Crippen LogP contribution in [0.15, 0.2) is 71.5 Å². The van der Waals surface area contributed by atoms with E-state index in [0.717, 1.165) is 22.3 Å². The van der Waals surface area contributed by atoms with E-state index < -0.39 is 0 Å². The van der Waals surface area contributed by atoms with Crippen molar-refractivity contribution in [2.24, 2.45) is 0 Å². The molecule has 0 saturated heterocycles. The molecule has 25 heavy (non-hydrogen) atoms. The molecule has 0 radical (unpaired) electrons. The molecule has 3 nitrogen and oxygen atoms in total. The van der Waals surface area contributed by atoms with Crippen LogP contribution in [0.3, 0.4) is 0 Å². The van der Waals surface area contributed by atoms with Crippen molar-refractivity contribution in [3.8, 4) is 5.75 Å². The third-order valence-electron chi connectivity index (χ3n) is 4.43. The van der Waals surface area contributed by atoms with E-state index in [1.54, 1.807) is 7.11 Å². The molecule has 0 aliphatic rings. The lowest BCUT2D eigenvalue weighted by Crippen LogP contribution is -2.12. The first-order valence-electron chi connectivity index (χ1n) is 8.01. The van der Waals surface area contributed by atoms with Gasteiger partial charge in [0.1, 0.15) is 5.75 Å². The van der Waals surface area contributed by atoms with Gasteiger partial charge in [-0.15, -0.1) is 0 Å². The van der Waals surface area contributed by atoms with Crippen molar-refractivity contribution in [3.63, 3.8) is 0 Å². The minimum Gasteiger partial charge on any atom is -0.497 e. The molecule has 0 unspecified atom stereocenters. The van der Waals surface area contributed by atoms with Gasteiger partial charge in [0, 0.05) is 28.4 Å². The van der Waals surface area contributed by atoms with Crippen molar-refractivity contribution >= 4 is 33.4 Å². The standard InChI is InChI=1S/C21H16ClNO2/c1-25-16-10-11-18-20(12-16)23(13-14-6-8-15(22)9-7-14)19-5-3-2-4-17(19)21(18)24/h2-12H,13H2,1H3. The highest BCUT2D eigenvalue weighted by Crippen LogP contribution is 2.24. The average molecular weight is 350 g/mol. The van der Waals surface area contributed by atoms with Gasteiger partial charge in [0.2, 0.25) is 0 Å². The molecule has 0 bridgehead atoms. The highest BCUT2D eigenvalue weighted by Gasteiger charge is 2.12. The van der Waals surface area contributed by atoms with Crippen LogP contribution in [0.2, 0.25) is 5.02 Å². The summed E-state index contributed by atoms with van der Waals surface area (Å²) in [4.78, 5) is 12.9. The average Bonchev–Trinajstić information content (AvgIpc) is 2.66. The van der Waals surface area contributed by atoms with Crippen LogP contribution in [-0.4, -0.2) is 11.7 Å². The van der Waals surface area contributed by atoms with Gasteiger partial charge in [-0.2, -0.15) is 0 Å². The van der Waals surface area contributed by atoms with Crippen LogP contribution in [0.25, 0.3) is 21.8 Å². The highest BCUT2D eigenvalue weighted by molar-refractivity contribution is 6.30. The number of pyridine rings is 1. The van der Waals surface area contributed by atoms with Crippen LogP contribution in [0.5, 0.6) is 5.75 Å². The van der Waals surface area contributed by atoms with E-state index in [1.807, 2.05) is 66.7 Å². The molecule has 4 rings (SSSR count). The molecular weight excluding hydrogens is 334 g/mol. The zero-order valence-electron chi connectivity index (χ0n) is 13.7. The molecule has 4 heteroatoms. The summed E-state index contributed by atoms with van der Waals surface area (Å²) >= 11 is 6.00. The topological polar surface area (TPSA) is 31.2 Å². The van der Waals surface area contributed by atoms with Crippen molar-refractivity contribution in [1.82, 2.24) is 4.57 Å². The second kappa shape index (κ2) is 6.26. The van der Waals surface area contributed by atoms with E-state index in [0.29, 0.717) is 22.3 Å². The lowest BCUT2D eigenvalue weighted by molar-refractivity contribution is 0.415. The number of rotatable bonds is 3. The van der Waals surface area contributed by atoms with Gasteiger partial charge in [-0.1, -0.05) is 35.9 Å². The van der Waals surface area contributed by atoms with Gasteiger partial charge in [0.25, 0.3) is 0 Å². The lowest BCUT2D eigenvalue weighted by atomic mass is 10.1. The van der Waals surface area contributed by atoms with Crippen LogP contribution in [0, 0.1) is 0 Å². The Bertz CT molecular complexity index is 1130. The number of ether oxygens (including phenoxy) is 1. The van der Waals surface area contributed by atoms with Gasteiger partial charge in [-0.05, 0) is 42.0 Å². The van der Waals surface area contributed by atoms with Crippen LogP contribution < -0.4 is 10.2 Å². The van der Waals surface area contributed by atoms with Crippen LogP contribution in [0.4, 0.5) is 0 Å². The summed E-state index contributed by atoms with van der Waals surface area (Å²) in [5.41, 5.74) is 2.92. The fourth-order valence-corrected chi connectivity index (χ4v) is 3.30. The Hall–Kier alpha value is -2.78. The SMILES string of the molecule is COc1ccc2c(=O)c3ccccc3n(Cc3ccc(Cl)cc3)c2c1. The van der Waals surface area contributed by atoms with Gasteiger partial charge >= 0.3 is 0 Å². The molecule has 1 heterocycles. The molecule has 0 aliphatic carbocycles. The molecule has 1 aromatic heterocycles. The summed E-state index contributed by atoms with van der Waals surface area (Å²) < 4.78 is 7.51. The smallest absolute Gasteiger partial charge is 0.197 e. The normalized spacial score (nSPS) is 11.1. The number of hydrogen-bond donors (Lipinski definition) is 0. The molecule has 0 spiro atoms. The first kappa shape index (κ1) is 15.7. The Kier molecular flexibility index (Phi) is 3.94.